The number of carbonyl (C=O) groups excluding carboxylic acids is 2. The number of aliphatic imine (C=N–C) groups is 2. The number of halogens is 2. The van der Waals surface area contributed by atoms with E-state index in [-0.39, 0.29) is 11.0 Å². The van der Waals surface area contributed by atoms with Crippen molar-refractivity contribution in [1.82, 2.24) is 9.80 Å². The second-order valence-corrected chi connectivity index (χ2v) is 12.8. The number of carbonyl (C=O) groups is 2. The average Bonchev–Trinajstić information content (AvgIpc) is 3.40. The fraction of sp³-hybridized carbons (Fsp3) is 0.243. The summed E-state index contributed by atoms with van der Waals surface area (Å²) in [6.45, 7) is 8.24. The molecule has 280 valence electrons. The Labute approximate surface area is 315 Å². The maximum Gasteiger partial charge on any atom is 0.153 e. The van der Waals surface area contributed by atoms with Gasteiger partial charge in [0.2, 0.25) is 0 Å². The van der Waals surface area contributed by atoms with Gasteiger partial charge in [-0.3, -0.25) is 0 Å². The lowest BCUT2D eigenvalue weighted by atomic mass is 10.1. The fourth-order valence-electron chi connectivity index (χ4n) is 5.91. The molecule has 0 spiro atoms. The Balaban J connectivity index is 0.000000195. The smallest absolute Gasteiger partial charge is 0.153 e. The number of rotatable bonds is 2. The second-order valence-electron chi connectivity index (χ2n) is 11.9. The molecule has 0 aromatic heterocycles. The number of nitrogens with two attached hydrogens (primary N) is 2. The Morgan fingerprint density at radius 2 is 0.981 bits per heavy atom. The van der Waals surface area contributed by atoms with Crippen molar-refractivity contribution in [2.24, 2.45) is 9.98 Å². The van der Waals surface area contributed by atoms with E-state index in [1.165, 1.54) is 0 Å². The van der Waals surface area contributed by atoms with E-state index in [2.05, 4.69) is 20.4 Å². The number of quaternary nitrogens is 2. The SMILES string of the molecule is Clc1ccc2c(c1)C(N1CC[NH2+]CC1)=Nc1ccccc1O2.Clc1ccc2c(c1)C(N1CC[NH2+]CC1)=Nc1ccccc1O2.O.O.O=C([O-])CC(=O)[O-]. The Morgan fingerprint density at radius 3 is 1.34 bits per heavy atom. The molecular formula is C37H40Cl2N6O8. The van der Waals surface area contributed by atoms with Gasteiger partial charge in [0.25, 0.3) is 0 Å². The van der Waals surface area contributed by atoms with E-state index >= 15 is 0 Å². The molecule has 4 aliphatic heterocycles. The zero-order valence-electron chi connectivity index (χ0n) is 28.6. The van der Waals surface area contributed by atoms with Crippen LogP contribution < -0.4 is 30.3 Å². The van der Waals surface area contributed by atoms with Gasteiger partial charge in [-0.25, -0.2) is 9.98 Å². The molecule has 8 rings (SSSR count). The van der Waals surface area contributed by atoms with Gasteiger partial charge >= 0.3 is 0 Å². The highest BCUT2D eigenvalue weighted by Crippen LogP contribution is 2.40. The number of piperazine rings is 2. The number of carboxylic acid groups (broad SMARTS) is 2. The van der Waals surface area contributed by atoms with Crippen molar-refractivity contribution in [2.45, 2.75) is 6.42 Å². The minimum atomic E-state index is -1.63. The van der Waals surface area contributed by atoms with Crippen LogP contribution in [0.15, 0.2) is 94.9 Å². The molecule has 4 heterocycles. The minimum absolute atomic E-state index is 0. The number of carboxylic acids is 2. The number of para-hydroxylation sites is 4. The van der Waals surface area contributed by atoms with Crippen LogP contribution in [0.3, 0.4) is 0 Å². The standard InChI is InChI=1S/2C17H16ClN3O.C3H4O4.2H2O/c2*18-12-5-6-15-13(11-12)17(21-9-7-19-8-10-21)20-14-3-1-2-4-16(14)22-15;4-2(5)1-3(6)7;;/h2*1-6,11,19H,7-10H2;1H2,(H,4,5)(H,6,7);2*1H2. The topological polar surface area (TPSA) is 226 Å². The number of nitrogens with zero attached hydrogens (tertiary/aromatic N) is 4. The van der Waals surface area contributed by atoms with Crippen molar-refractivity contribution >= 4 is 58.2 Å². The number of hydrogen-bond acceptors (Lipinski definition) is 10. The summed E-state index contributed by atoms with van der Waals surface area (Å²) in [4.78, 5) is 33.0. The van der Waals surface area contributed by atoms with Gasteiger partial charge in [-0.2, -0.15) is 0 Å². The zero-order chi connectivity index (χ0) is 35.7. The third kappa shape index (κ3) is 10.4. The second kappa shape index (κ2) is 19.0. The van der Waals surface area contributed by atoms with Gasteiger partial charge in [0, 0.05) is 28.4 Å². The first kappa shape index (κ1) is 40.5. The van der Waals surface area contributed by atoms with Crippen LogP contribution in [0, 0.1) is 0 Å². The van der Waals surface area contributed by atoms with Crippen LogP contribution in [0.5, 0.6) is 23.0 Å². The summed E-state index contributed by atoms with van der Waals surface area (Å²) in [6, 6.07) is 27.2. The van der Waals surface area contributed by atoms with E-state index in [9.17, 15) is 19.8 Å². The van der Waals surface area contributed by atoms with Crippen molar-refractivity contribution in [3.63, 3.8) is 0 Å². The lowest BCUT2D eigenvalue weighted by molar-refractivity contribution is -0.661. The molecule has 0 saturated carbocycles. The highest BCUT2D eigenvalue weighted by Gasteiger charge is 2.26. The molecule has 4 aliphatic rings. The lowest BCUT2D eigenvalue weighted by Crippen LogP contribution is -2.89. The van der Waals surface area contributed by atoms with E-state index in [1.807, 2.05) is 84.9 Å². The summed E-state index contributed by atoms with van der Waals surface area (Å²) in [5, 5.41) is 24.6. The third-order valence-electron chi connectivity index (χ3n) is 8.29. The maximum atomic E-state index is 9.28. The molecule has 2 fully saturated rings. The number of hydrogen-bond donors (Lipinski definition) is 2. The molecule has 14 nitrogen and oxygen atoms in total. The molecule has 4 aromatic carbocycles. The number of aliphatic carboxylic acids is 2. The quantitative estimate of drug-likeness (QED) is 0.264. The number of amidine groups is 2. The first-order chi connectivity index (χ1) is 24.7. The van der Waals surface area contributed by atoms with Gasteiger partial charge in [0.15, 0.2) is 11.5 Å². The highest BCUT2D eigenvalue weighted by atomic mass is 35.5. The number of benzene rings is 4. The van der Waals surface area contributed by atoms with Crippen molar-refractivity contribution < 1.29 is 50.9 Å². The van der Waals surface area contributed by atoms with Gasteiger partial charge in [0.05, 0.1) is 63.5 Å². The first-order valence-electron chi connectivity index (χ1n) is 16.6. The molecule has 0 atom stereocenters. The van der Waals surface area contributed by atoms with Crippen LogP contribution in [0.2, 0.25) is 10.0 Å². The monoisotopic (exact) mass is 766 g/mol. The molecule has 53 heavy (non-hydrogen) atoms. The van der Waals surface area contributed by atoms with E-state index in [0.717, 1.165) is 110 Å². The molecule has 16 heteroatoms. The van der Waals surface area contributed by atoms with Crippen LogP contribution in [-0.4, -0.2) is 96.7 Å². The van der Waals surface area contributed by atoms with E-state index in [1.54, 1.807) is 0 Å². The number of ether oxygens (including phenoxy) is 2. The molecule has 2 saturated heterocycles. The van der Waals surface area contributed by atoms with Crippen LogP contribution in [-0.2, 0) is 9.59 Å². The summed E-state index contributed by atoms with van der Waals surface area (Å²) < 4.78 is 12.1. The highest BCUT2D eigenvalue weighted by molar-refractivity contribution is 6.31. The van der Waals surface area contributed by atoms with Crippen LogP contribution in [0.1, 0.15) is 17.5 Å². The largest absolute Gasteiger partial charge is 0.550 e. The molecule has 0 bridgehead atoms. The van der Waals surface area contributed by atoms with Crippen molar-refractivity contribution in [3.8, 4) is 23.0 Å². The minimum Gasteiger partial charge on any atom is -0.550 e. The van der Waals surface area contributed by atoms with Gasteiger partial charge in [0.1, 0.15) is 34.5 Å². The Morgan fingerprint density at radius 1 is 0.604 bits per heavy atom. The lowest BCUT2D eigenvalue weighted by Gasteiger charge is -2.28. The predicted octanol–water partition coefficient (Wildman–Crippen LogP) is 0.0329. The molecule has 8 N–H and O–H groups in total. The van der Waals surface area contributed by atoms with E-state index in [0.29, 0.717) is 10.0 Å². The normalized spacial score (nSPS) is 15.1. The summed E-state index contributed by atoms with van der Waals surface area (Å²) in [5.41, 5.74) is 3.65. The average molecular weight is 768 g/mol. The molecule has 0 amide bonds. The summed E-state index contributed by atoms with van der Waals surface area (Å²) in [6.07, 6.45) is -1.03. The van der Waals surface area contributed by atoms with Crippen molar-refractivity contribution in [1.29, 1.82) is 0 Å². The zero-order valence-corrected chi connectivity index (χ0v) is 30.1. The van der Waals surface area contributed by atoms with Gasteiger partial charge in [-0.05, 0) is 60.7 Å². The maximum absolute atomic E-state index is 9.28. The molecule has 0 radical (unpaired) electrons. The molecule has 0 aliphatic carbocycles. The van der Waals surface area contributed by atoms with Gasteiger partial charge in [-0.1, -0.05) is 47.5 Å². The Hall–Kier alpha value is -5.22. The molecular weight excluding hydrogens is 727 g/mol. The van der Waals surface area contributed by atoms with Crippen LogP contribution >= 0.6 is 23.2 Å². The summed E-state index contributed by atoms with van der Waals surface area (Å²) >= 11 is 12.4. The van der Waals surface area contributed by atoms with Gasteiger partial charge < -0.3 is 60.7 Å². The van der Waals surface area contributed by atoms with E-state index < -0.39 is 18.4 Å². The van der Waals surface area contributed by atoms with E-state index in [4.69, 9.17) is 42.7 Å². The fourth-order valence-corrected chi connectivity index (χ4v) is 6.26. The summed E-state index contributed by atoms with van der Waals surface area (Å²) in [7, 11) is 0. The Kier molecular flexibility index (Phi) is 14.6. The third-order valence-corrected chi connectivity index (χ3v) is 8.76. The number of fused-ring (bicyclic) bond motifs is 4. The summed E-state index contributed by atoms with van der Waals surface area (Å²) in [5.74, 6) is 1.84. The predicted molar refractivity (Wildman–Crippen MR) is 197 cm³/mol. The van der Waals surface area contributed by atoms with Crippen LogP contribution in [0.4, 0.5) is 11.4 Å². The molecule has 0 unspecified atom stereocenters. The van der Waals surface area contributed by atoms with Crippen molar-refractivity contribution in [2.75, 3.05) is 52.4 Å². The van der Waals surface area contributed by atoms with Gasteiger partial charge in [-0.15, -0.1) is 0 Å². The van der Waals surface area contributed by atoms with Crippen LogP contribution in [0.25, 0.3) is 0 Å². The Bertz CT molecular complexity index is 1830. The van der Waals surface area contributed by atoms with Crippen molar-refractivity contribution in [3.05, 3.63) is 106 Å². The first-order valence-corrected chi connectivity index (χ1v) is 17.3. The molecule has 4 aromatic rings.